The van der Waals surface area contributed by atoms with E-state index < -0.39 is 0 Å². The molecule has 5 rings (SSSR count). The van der Waals surface area contributed by atoms with Gasteiger partial charge in [0.15, 0.2) is 0 Å². The fourth-order valence-electron chi connectivity index (χ4n) is 3.68. The van der Waals surface area contributed by atoms with Crippen LogP contribution in [0.1, 0.15) is 35.5 Å². The Morgan fingerprint density at radius 3 is 2.57 bits per heavy atom. The minimum atomic E-state index is -0.320. The number of fused-ring (bicyclic) bond motifs is 2. The Bertz CT molecular complexity index is 1230. The molecule has 2 aromatic carbocycles. The van der Waals surface area contributed by atoms with Gasteiger partial charge in [-0.05, 0) is 41.5 Å². The summed E-state index contributed by atoms with van der Waals surface area (Å²) in [6.07, 6.45) is 3.43. The normalized spacial score (nSPS) is 12.7. The summed E-state index contributed by atoms with van der Waals surface area (Å²) in [5.74, 6) is -0.424. The molecular weight excluding hydrogens is 379 g/mol. The van der Waals surface area contributed by atoms with Crippen molar-refractivity contribution >= 4 is 16.9 Å². The zero-order valence-electron chi connectivity index (χ0n) is 17.3. The summed E-state index contributed by atoms with van der Waals surface area (Å²) in [7, 11) is 1.93. The molecule has 0 atom stereocenters. The van der Waals surface area contributed by atoms with Crippen LogP contribution in [-0.2, 0) is 20.1 Å². The highest BCUT2D eigenvalue weighted by atomic mass is 19.1. The van der Waals surface area contributed by atoms with Crippen LogP contribution in [0.15, 0.2) is 61.1 Å². The number of hydrogen-bond acceptors (Lipinski definition) is 3. The van der Waals surface area contributed by atoms with Crippen molar-refractivity contribution in [2.45, 2.75) is 26.9 Å². The predicted molar refractivity (Wildman–Crippen MR) is 115 cm³/mol. The Morgan fingerprint density at radius 1 is 1.03 bits per heavy atom. The number of amides is 1. The fourth-order valence-corrected chi connectivity index (χ4v) is 3.68. The minimum absolute atomic E-state index is 0.103. The van der Waals surface area contributed by atoms with Gasteiger partial charge < -0.3 is 9.47 Å². The van der Waals surface area contributed by atoms with E-state index in [9.17, 15) is 9.18 Å². The van der Waals surface area contributed by atoms with E-state index in [-0.39, 0.29) is 18.3 Å². The maximum atomic E-state index is 14.8. The van der Waals surface area contributed by atoms with Crippen molar-refractivity contribution in [2.75, 3.05) is 0 Å². The van der Waals surface area contributed by atoms with Crippen LogP contribution in [0.5, 0.6) is 0 Å². The molecule has 0 spiro atoms. The van der Waals surface area contributed by atoms with Crippen LogP contribution in [0.4, 0.5) is 4.39 Å². The first-order valence-electron chi connectivity index (χ1n) is 10.0. The second kappa shape index (κ2) is 8.06. The van der Waals surface area contributed by atoms with E-state index in [0.29, 0.717) is 17.7 Å². The summed E-state index contributed by atoms with van der Waals surface area (Å²) in [6.45, 7) is 4.63. The smallest absolute Gasteiger partial charge is 0.256 e. The average Bonchev–Trinajstić information content (AvgIpc) is 3.31. The molecule has 0 fully saturated rings. The quantitative estimate of drug-likeness (QED) is 0.487. The number of carbonyl (C=O) groups excluding carboxylic acids is 1. The van der Waals surface area contributed by atoms with Crippen LogP contribution in [0, 0.1) is 5.82 Å². The molecule has 5 nitrogen and oxygen atoms in total. The van der Waals surface area contributed by atoms with Gasteiger partial charge in [0.1, 0.15) is 5.82 Å². The number of rotatable bonds is 3. The first-order chi connectivity index (χ1) is 14.6. The molecule has 2 aromatic heterocycles. The van der Waals surface area contributed by atoms with Gasteiger partial charge in [-0.3, -0.25) is 9.78 Å². The molecule has 30 heavy (non-hydrogen) atoms. The molecule has 0 unspecified atom stereocenters. The lowest BCUT2D eigenvalue weighted by atomic mass is 10.0. The average molecular weight is 402 g/mol. The van der Waals surface area contributed by atoms with Gasteiger partial charge in [-0.15, -0.1) is 0 Å². The topological polar surface area (TPSA) is 51.0 Å². The summed E-state index contributed by atoms with van der Waals surface area (Å²) < 4.78 is 16.7. The number of carbonyl (C=O) groups is 1. The summed E-state index contributed by atoms with van der Waals surface area (Å²) in [5.41, 5.74) is 5.46. The molecule has 0 radical (unpaired) electrons. The number of hydrogen-bond donors (Lipinski definition) is 0. The summed E-state index contributed by atoms with van der Waals surface area (Å²) in [4.78, 5) is 22.7. The van der Waals surface area contributed by atoms with Gasteiger partial charge in [-0.25, -0.2) is 9.37 Å². The van der Waals surface area contributed by atoms with E-state index in [1.807, 2.05) is 49.7 Å². The van der Waals surface area contributed by atoms with Crippen LogP contribution in [0.25, 0.3) is 22.2 Å². The lowest BCUT2D eigenvalue weighted by molar-refractivity contribution is 0.0765. The molecule has 0 saturated carbocycles. The van der Waals surface area contributed by atoms with Crippen molar-refractivity contribution in [3.8, 4) is 11.1 Å². The molecule has 1 amide bonds. The Morgan fingerprint density at radius 2 is 1.80 bits per heavy atom. The third kappa shape index (κ3) is 3.45. The van der Waals surface area contributed by atoms with E-state index >= 15 is 0 Å². The Hall–Kier alpha value is -3.54. The van der Waals surface area contributed by atoms with Crippen molar-refractivity contribution in [3.05, 3.63) is 83.7 Å². The van der Waals surface area contributed by atoms with E-state index in [4.69, 9.17) is 0 Å². The molecule has 3 heterocycles. The monoisotopic (exact) mass is 402 g/mol. The third-order valence-corrected chi connectivity index (χ3v) is 5.22. The number of benzene rings is 2. The third-order valence-electron chi connectivity index (χ3n) is 5.22. The zero-order valence-corrected chi connectivity index (χ0v) is 17.3. The lowest BCUT2D eigenvalue weighted by Crippen LogP contribution is -2.23. The summed E-state index contributed by atoms with van der Waals surface area (Å²) >= 11 is 0. The van der Waals surface area contributed by atoms with E-state index in [1.165, 1.54) is 6.07 Å². The van der Waals surface area contributed by atoms with E-state index in [2.05, 4.69) is 9.97 Å². The highest BCUT2D eigenvalue weighted by Crippen LogP contribution is 2.27. The lowest BCUT2D eigenvalue weighted by Gasteiger charge is -2.16. The molecule has 0 N–H and O–H groups in total. The molecular formula is C24H23FN4O. The minimum Gasteiger partial charge on any atom is -0.334 e. The highest BCUT2D eigenvalue weighted by molar-refractivity contribution is 5.97. The number of pyridine rings is 1. The fraction of sp³-hybridized carbons (Fsp3) is 0.208. The van der Waals surface area contributed by atoms with Gasteiger partial charge in [-0.2, -0.15) is 0 Å². The molecule has 0 saturated heterocycles. The van der Waals surface area contributed by atoms with Crippen LogP contribution in [0.2, 0.25) is 0 Å². The molecule has 0 bridgehead atoms. The van der Waals surface area contributed by atoms with E-state index in [1.54, 1.807) is 35.6 Å². The van der Waals surface area contributed by atoms with Gasteiger partial charge >= 0.3 is 0 Å². The van der Waals surface area contributed by atoms with Gasteiger partial charge in [-0.1, -0.05) is 32.0 Å². The van der Waals surface area contributed by atoms with Crippen LogP contribution in [0.3, 0.4) is 0 Å². The van der Waals surface area contributed by atoms with Gasteiger partial charge in [0.25, 0.3) is 5.91 Å². The number of aryl methyl sites for hydroxylation is 1. The van der Waals surface area contributed by atoms with Crippen molar-refractivity contribution in [1.82, 2.24) is 19.4 Å². The van der Waals surface area contributed by atoms with Crippen molar-refractivity contribution < 1.29 is 9.18 Å². The molecule has 152 valence electrons. The molecule has 0 aliphatic carbocycles. The summed E-state index contributed by atoms with van der Waals surface area (Å²) in [5, 5.41) is 0. The van der Waals surface area contributed by atoms with Crippen LogP contribution >= 0.6 is 0 Å². The van der Waals surface area contributed by atoms with Crippen LogP contribution < -0.4 is 0 Å². The second-order valence-electron chi connectivity index (χ2n) is 7.02. The molecule has 1 aliphatic rings. The maximum Gasteiger partial charge on any atom is 0.256 e. The first-order valence-corrected chi connectivity index (χ1v) is 10.0. The zero-order chi connectivity index (χ0) is 21.3. The van der Waals surface area contributed by atoms with Gasteiger partial charge in [0.05, 0.1) is 35.2 Å². The summed E-state index contributed by atoms with van der Waals surface area (Å²) in [6, 6.07) is 14.6. The standard InChI is InChI=1S/C22H17FN4O.C2H6/c1-26-13-25-19-7-6-15(10-21(19)26)14-4-5-16(18(23)9-14)11-27-12-20-17(22(27)28)3-2-8-24-20;1-2/h2-10,13H,11-12H2,1H3;1-2H3. The Kier molecular flexibility index (Phi) is 5.31. The number of imidazole rings is 1. The van der Waals surface area contributed by atoms with Crippen LogP contribution in [-0.4, -0.2) is 25.3 Å². The predicted octanol–water partition coefficient (Wildman–Crippen LogP) is 4.96. The number of aromatic nitrogens is 3. The number of halogens is 1. The molecule has 6 heteroatoms. The Labute approximate surface area is 174 Å². The second-order valence-corrected chi connectivity index (χ2v) is 7.02. The number of nitrogens with zero attached hydrogens (tertiary/aromatic N) is 4. The van der Waals surface area contributed by atoms with Gasteiger partial charge in [0.2, 0.25) is 0 Å². The SMILES string of the molecule is CC.Cn1cnc2ccc(-c3ccc(CN4Cc5ncccc5C4=O)c(F)c3)cc21. The van der Waals surface area contributed by atoms with Crippen molar-refractivity contribution in [2.24, 2.45) is 7.05 Å². The van der Waals surface area contributed by atoms with E-state index in [0.717, 1.165) is 27.9 Å². The first kappa shape index (κ1) is 19.8. The van der Waals surface area contributed by atoms with Crippen molar-refractivity contribution in [1.29, 1.82) is 0 Å². The molecule has 1 aliphatic heterocycles. The highest BCUT2D eigenvalue weighted by Gasteiger charge is 2.28. The maximum absolute atomic E-state index is 14.8. The van der Waals surface area contributed by atoms with Crippen molar-refractivity contribution in [3.63, 3.8) is 0 Å². The molecule has 4 aromatic rings. The largest absolute Gasteiger partial charge is 0.334 e. The Balaban J connectivity index is 0.00000106. The van der Waals surface area contributed by atoms with Gasteiger partial charge in [0, 0.05) is 25.4 Å².